The maximum atomic E-state index is 13.1. The number of carbonyl (C=O) groups excluding carboxylic acids is 2. The lowest BCUT2D eigenvalue weighted by atomic mass is 9.96. The monoisotopic (exact) mass is 586 g/mol. The van der Waals surface area contributed by atoms with Crippen LogP contribution in [0, 0.1) is 5.92 Å². The van der Waals surface area contributed by atoms with Crippen molar-refractivity contribution < 1.29 is 28.9 Å². The molecule has 1 saturated heterocycles. The first kappa shape index (κ1) is 30.7. The van der Waals surface area contributed by atoms with Gasteiger partial charge in [0.1, 0.15) is 11.5 Å². The first-order valence-electron chi connectivity index (χ1n) is 15.1. The van der Waals surface area contributed by atoms with Crippen LogP contribution in [0.5, 0.6) is 11.5 Å². The molecule has 3 aromatic rings. The van der Waals surface area contributed by atoms with Crippen LogP contribution in [-0.2, 0) is 24.1 Å². The predicted molar refractivity (Wildman–Crippen MR) is 165 cm³/mol. The van der Waals surface area contributed by atoms with Gasteiger partial charge in [0.2, 0.25) is 0 Å². The Bertz CT molecular complexity index is 1360. The summed E-state index contributed by atoms with van der Waals surface area (Å²) in [7, 11) is 3.31. The second-order valence-electron chi connectivity index (χ2n) is 11.4. The number of methoxy groups -OCH3 is 2. The molecule has 1 unspecified atom stereocenters. The van der Waals surface area contributed by atoms with Gasteiger partial charge in [-0.2, -0.15) is 0 Å². The molecule has 1 atom stereocenters. The Hall–Kier alpha value is -3.72. The summed E-state index contributed by atoms with van der Waals surface area (Å²) in [5.74, 6) is 1.42. The number of carbonyl (C=O) groups is 2. The van der Waals surface area contributed by atoms with E-state index in [9.17, 15) is 14.7 Å². The molecular formula is C35H42N2O6. The molecule has 1 N–H and O–H groups in total. The minimum absolute atomic E-state index is 0.00379. The Labute approximate surface area is 254 Å². The summed E-state index contributed by atoms with van der Waals surface area (Å²) >= 11 is 0. The molecule has 1 heterocycles. The number of benzene rings is 3. The zero-order chi connectivity index (χ0) is 30.2. The summed E-state index contributed by atoms with van der Waals surface area (Å²) in [4.78, 5) is 30.1. The summed E-state index contributed by atoms with van der Waals surface area (Å²) in [5.41, 5.74) is 4.95. The van der Waals surface area contributed by atoms with E-state index in [0.29, 0.717) is 63.4 Å². The van der Waals surface area contributed by atoms with Crippen LogP contribution in [0.2, 0.25) is 0 Å². The lowest BCUT2D eigenvalue weighted by Crippen LogP contribution is -2.40. The molecule has 1 aliphatic heterocycles. The molecule has 8 heteroatoms. The molecule has 2 aliphatic rings. The minimum Gasteiger partial charge on any atom is -0.497 e. The van der Waals surface area contributed by atoms with Crippen LogP contribution in [0.25, 0.3) is 0 Å². The Kier molecular flexibility index (Phi) is 10.5. The van der Waals surface area contributed by atoms with Crippen molar-refractivity contribution in [3.63, 3.8) is 0 Å². The van der Waals surface area contributed by atoms with Gasteiger partial charge in [-0.15, -0.1) is 0 Å². The van der Waals surface area contributed by atoms with Crippen LogP contribution >= 0.6 is 0 Å². The Morgan fingerprint density at radius 2 is 1.63 bits per heavy atom. The maximum absolute atomic E-state index is 13.1. The van der Waals surface area contributed by atoms with Gasteiger partial charge in [-0.25, -0.2) is 0 Å². The van der Waals surface area contributed by atoms with Crippen molar-refractivity contribution in [2.45, 2.75) is 38.3 Å². The van der Waals surface area contributed by atoms with Crippen LogP contribution in [0.15, 0.2) is 66.7 Å². The number of hydrogen-bond acceptors (Lipinski definition) is 7. The van der Waals surface area contributed by atoms with E-state index in [0.717, 1.165) is 29.9 Å². The van der Waals surface area contributed by atoms with Crippen molar-refractivity contribution in [2.75, 3.05) is 53.7 Å². The van der Waals surface area contributed by atoms with Crippen molar-refractivity contribution >= 4 is 11.7 Å². The van der Waals surface area contributed by atoms with Gasteiger partial charge in [-0.3, -0.25) is 14.5 Å². The van der Waals surface area contributed by atoms with Crippen molar-refractivity contribution in [3.8, 4) is 11.5 Å². The molecule has 5 rings (SSSR count). The van der Waals surface area contributed by atoms with Crippen molar-refractivity contribution in [3.05, 3.63) is 94.5 Å². The number of Topliss-reactive ketones (excluding diaryl/α,β-unsaturated/α-hetero) is 1. The Balaban J connectivity index is 1.24. The normalized spacial score (nSPS) is 15.8. The molecule has 0 saturated carbocycles. The fourth-order valence-corrected chi connectivity index (χ4v) is 6.14. The SMILES string of the molecule is COc1ccc(CN(CC(CO)CCC(=O)c2ccc(C(=O)N3CCOCC3)cc2)C2Cc3ccccc3C2)c(OC)c1. The molecule has 3 aromatic carbocycles. The van der Waals surface area contributed by atoms with Crippen LogP contribution in [0.3, 0.4) is 0 Å². The number of ketones is 1. The fraction of sp³-hybridized carbons (Fsp3) is 0.429. The number of rotatable bonds is 13. The lowest BCUT2D eigenvalue weighted by molar-refractivity contribution is 0.0303. The molecule has 8 nitrogen and oxygen atoms in total. The summed E-state index contributed by atoms with van der Waals surface area (Å²) in [6, 6.07) is 21.7. The highest BCUT2D eigenvalue weighted by atomic mass is 16.5. The smallest absolute Gasteiger partial charge is 0.254 e. The molecule has 43 heavy (non-hydrogen) atoms. The zero-order valence-electron chi connectivity index (χ0n) is 25.2. The van der Waals surface area contributed by atoms with Crippen molar-refractivity contribution in [1.82, 2.24) is 9.80 Å². The summed E-state index contributed by atoms with van der Waals surface area (Å²) in [6.07, 6.45) is 2.79. The first-order chi connectivity index (χ1) is 21.0. The van der Waals surface area contributed by atoms with Crippen LogP contribution in [0.1, 0.15) is 50.2 Å². The van der Waals surface area contributed by atoms with Crippen molar-refractivity contribution in [2.24, 2.45) is 5.92 Å². The Morgan fingerprint density at radius 3 is 2.26 bits per heavy atom. The van der Waals surface area contributed by atoms with Crippen LogP contribution in [-0.4, -0.2) is 86.3 Å². The van der Waals surface area contributed by atoms with Crippen LogP contribution < -0.4 is 9.47 Å². The highest BCUT2D eigenvalue weighted by Crippen LogP contribution is 2.31. The average molecular weight is 587 g/mol. The third-order valence-corrected chi connectivity index (χ3v) is 8.70. The largest absolute Gasteiger partial charge is 0.497 e. The quantitative estimate of drug-likeness (QED) is 0.297. The molecule has 1 aliphatic carbocycles. The summed E-state index contributed by atoms with van der Waals surface area (Å²) in [6.45, 7) is 3.57. The third kappa shape index (κ3) is 7.63. The number of aliphatic hydroxyl groups excluding tert-OH is 1. The van der Waals surface area contributed by atoms with Gasteiger partial charge in [0, 0.05) is 68.0 Å². The van der Waals surface area contributed by atoms with E-state index in [1.54, 1.807) is 43.4 Å². The Morgan fingerprint density at radius 1 is 0.953 bits per heavy atom. The summed E-state index contributed by atoms with van der Waals surface area (Å²) in [5, 5.41) is 10.4. The number of fused-ring (bicyclic) bond motifs is 1. The molecule has 0 bridgehead atoms. The van der Waals surface area contributed by atoms with E-state index >= 15 is 0 Å². The molecular weight excluding hydrogens is 544 g/mol. The minimum atomic E-state index is -0.0703. The molecule has 0 spiro atoms. The third-order valence-electron chi connectivity index (χ3n) is 8.70. The van der Waals surface area contributed by atoms with Gasteiger partial charge in [-0.05, 0) is 54.5 Å². The standard InChI is InChI=1S/C35H42N2O6/c1-41-32-13-12-30(34(21-32)42-2)23-37(31-19-28-5-3-4-6-29(28)20-31)22-25(24-38)7-14-33(39)26-8-10-27(11-9-26)35(40)36-15-17-43-18-16-36/h3-6,8-13,21,25,31,38H,7,14-20,22-24H2,1-2H3. The summed E-state index contributed by atoms with van der Waals surface area (Å²) < 4.78 is 16.4. The van der Waals surface area contributed by atoms with E-state index in [-0.39, 0.29) is 30.3 Å². The fourth-order valence-electron chi connectivity index (χ4n) is 6.14. The molecule has 0 aromatic heterocycles. The molecule has 228 valence electrons. The van der Waals surface area contributed by atoms with Crippen molar-refractivity contribution in [1.29, 1.82) is 0 Å². The number of nitrogens with zero attached hydrogens (tertiary/aromatic N) is 2. The van der Waals surface area contributed by atoms with Gasteiger partial charge in [-0.1, -0.05) is 42.5 Å². The van der Waals surface area contributed by atoms with Crippen LogP contribution in [0.4, 0.5) is 0 Å². The number of aliphatic hydroxyl groups is 1. The second kappa shape index (κ2) is 14.6. The lowest BCUT2D eigenvalue weighted by Gasteiger charge is -2.32. The number of amides is 1. The zero-order valence-corrected chi connectivity index (χ0v) is 25.2. The topological polar surface area (TPSA) is 88.5 Å². The van der Waals surface area contributed by atoms with E-state index in [1.165, 1.54) is 11.1 Å². The van der Waals surface area contributed by atoms with E-state index in [2.05, 4.69) is 29.2 Å². The highest BCUT2D eigenvalue weighted by Gasteiger charge is 2.29. The highest BCUT2D eigenvalue weighted by molar-refractivity contribution is 5.98. The van der Waals surface area contributed by atoms with Gasteiger partial charge in [0.25, 0.3) is 5.91 Å². The average Bonchev–Trinajstić information content (AvgIpc) is 3.50. The maximum Gasteiger partial charge on any atom is 0.254 e. The predicted octanol–water partition coefficient (Wildman–Crippen LogP) is 4.42. The molecule has 0 radical (unpaired) electrons. The second-order valence-corrected chi connectivity index (χ2v) is 11.4. The van der Waals surface area contributed by atoms with Gasteiger partial charge in [0.15, 0.2) is 5.78 Å². The van der Waals surface area contributed by atoms with Gasteiger partial charge < -0.3 is 24.2 Å². The number of ether oxygens (including phenoxy) is 3. The first-order valence-corrected chi connectivity index (χ1v) is 15.1. The molecule has 1 fully saturated rings. The van der Waals surface area contributed by atoms with Gasteiger partial charge in [0.05, 0.1) is 27.4 Å². The van der Waals surface area contributed by atoms with E-state index in [4.69, 9.17) is 14.2 Å². The van der Waals surface area contributed by atoms with E-state index in [1.807, 2.05) is 18.2 Å². The number of morpholine rings is 1. The van der Waals surface area contributed by atoms with E-state index < -0.39 is 0 Å². The number of hydrogen-bond donors (Lipinski definition) is 1. The van der Waals surface area contributed by atoms with Gasteiger partial charge >= 0.3 is 0 Å². The molecule has 1 amide bonds.